The monoisotopic (exact) mass is 255 g/mol. The van der Waals surface area contributed by atoms with Gasteiger partial charge < -0.3 is 15.5 Å². The molecule has 2 aromatic rings. The second kappa shape index (κ2) is 5.14. The lowest BCUT2D eigenvalue weighted by atomic mass is 10.3. The predicted octanol–water partition coefficient (Wildman–Crippen LogP) is 0.455. The Morgan fingerprint density at radius 2 is 2.12 bits per heavy atom. The van der Waals surface area contributed by atoms with Crippen molar-refractivity contribution in [2.45, 2.75) is 26.4 Å². The number of fused-ring (bicyclic) bond motifs is 1. The van der Waals surface area contributed by atoms with Crippen molar-refractivity contribution in [1.82, 2.24) is 14.7 Å². The molecule has 2 aromatic heterocycles. The van der Waals surface area contributed by atoms with Gasteiger partial charge in [0.05, 0.1) is 30.6 Å². The molecular weight excluding hydrogens is 238 g/mol. The van der Waals surface area contributed by atoms with E-state index in [1.807, 2.05) is 13.8 Å². The lowest BCUT2D eigenvalue weighted by molar-refractivity contribution is 0.170. The molecule has 0 aromatic carbocycles. The zero-order valence-electron chi connectivity index (χ0n) is 9.97. The minimum absolute atomic E-state index is 0.0693. The predicted molar refractivity (Wildman–Crippen MR) is 67.3 cm³/mol. The number of nitrogens with one attached hydrogen (secondary N) is 1. The minimum Gasteiger partial charge on any atom is -0.395 e. The van der Waals surface area contributed by atoms with Gasteiger partial charge in [0.15, 0.2) is 4.96 Å². The molecule has 0 saturated carbocycles. The van der Waals surface area contributed by atoms with E-state index in [1.165, 1.54) is 0 Å². The van der Waals surface area contributed by atoms with Crippen LogP contribution in [0.3, 0.4) is 0 Å². The molecule has 0 amide bonds. The Kier molecular flexibility index (Phi) is 3.78. The highest BCUT2D eigenvalue weighted by molar-refractivity contribution is 7.15. The van der Waals surface area contributed by atoms with E-state index < -0.39 is 0 Å². The first-order valence-corrected chi connectivity index (χ1v) is 6.42. The Balaban J connectivity index is 2.22. The molecular formula is C11H17N3O2S. The van der Waals surface area contributed by atoms with Crippen LogP contribution in [0.5, 0.6) is 0 Å². The van der Waals surface area contributed by atoms with Crippen LogP contribution in [0.25, 0.3) is 4.96 Å². The van der Waals surface area contributed by atoms with E-state index in [0.29, 0.717) is 6.54 Å². The molecule has 17 heavy (non-hydrogen) atoms. The van der Waals surface area contributed by atoms with Crippen LogP contribution in [-0.2, 0) is 6.54 Å². The highest BCUT2D eigenvalue weighted by atomic mass is 32.1. The molecule has 0 aliphatic carbocycles. The fourth-order valence-corrected chi connectivity index (χ4v) is 2.73. The molecule has 0 atom stereocenters. The summed E-state index contributed by atoms with van der Waals surface area (Å²) in [6.45, 7) is 4.48. The molecule has 0 aliphatic heterocycles. The number of thiazole rings is 1. The van der Waals surface area contributed by atoms with Crippen molar-refractivity contribution in [2.24, 2.45) is 0 Å². The molecule has 0 radical (unpaired) electrons. The lowest BCUT2D eigenvalue weighted by Gasteiger charge is -2.13. The third-order valence-electron chi connectivity index (χ3n) is 2.83. The zero-order chi connectivity index (χ0) is 12.4. The number of aryl methyl sites for hydroxylation is 2. The van der Waals surface area contributed by atoms with E-state index in [4.69, 9.17) is 10.2 Å². The van der Waals surface area contributed by atoms with Gasteiger partial charge in [0.1, 0.15) is 0 Å². The molecule has 3 N–H and O–H groups in total. The molecule has 2 heterocycles. The molecule has 0 aliphatic rings. The Morgan fingerprint density at radius 3 is 2.76 bits per heavy atom. The molecule has 0 saturated heterocycles. The number of imidazole rings is 1. The van der Waals surface area contributed by atoms with Crippen molar-refractivity contribution >= 4 is 16.3 Å². The summed E-state index contributed by atoms with van der Waals surface area (Å²) in [6.07, 6.45) is 0. The molecule has 0 fully saturated rings. The van der Waals surface area contributed by atoms with Crippen molar-refractivity contribution in [3.8, 4) is 0 Å². The van der Waals surface area contributed by atoms with Gasteiger partial charge in [0, 0.05) is 17.6 Å². The van der Waals surface area contributed by atoms with Gasteiger partial charge in [-0.2, -0.15) is 0 Å². The van der Waals surface area contributed by atoms with Crippen molar-refractivity contribution in [3.05, 3.63) is 22.5 Å². The number of aromatic nitrogens is 2. The highest BCUT2D eigenvalue weighted by Crippen LogP contribution is 2.20. The third kappa shape index (κ3) is 2.35. The molecule has 0 unspecified atom stereocenters. The second-order valence-electron chi connectivity index (χ2n) is 4.08. The van der Waals surface area contributed by atoms with Gasteiger partial charge in [-0.05, 0) is 13.8 Å². The first-order chi connectivity index (χ1) is 8.17. The summed E-state index contributed by atoms with van der Waals surface area (Å²) in [6, 6.07) is -0.279. The van der Waals surface area contributed by atoms with Crippen LogP contribution in [0, 0.1) is 13.8 Å². The molecule has 0 bridgehead atoms. The van der Waals surface area contributed by atoms with E-state index in [1.54, 1.807) is 11.3 Å². The number of rotatable bonds is 5. The lowest BCUT2D eigenvalue weighted by Crippen LogP contribution is -2.35. The average Bonchev–Trinajstić information content (AvgIpc) is 2.81. The Hall–Kier alpha value is -0.950. The fraction of sp³-hybridized carbons (Fsp3) is 0.545. The summed E-state index contributed by atoms with van der Waals surface area (Å²) < 4.78 is 2.11. The summed E-state index contributed by atoms with van der Waals surface area (Å²) in [5.74, 6) is 0. The van der Waals surface area contributed by atoms with E-state index in [2.05, 4.69) is 20.1 Å². The van der Waals surface area contributed by atoms with E-state index >= 15 is 0 Å². The molecule has 94 valence electrons. The summed E-state index contributed by atoms with van der Waals surface area (Å²) in [7, 11) is 0. The number of hydrogen-bond donors (Lipinski definition) is 3. The summed E-state index contributed by atoms with van der Waals surface area (Å²) in [5.41, 5.74) is 3.24. The zero-order valence-corrected chi connectivity index (χ0v) is 10.8. The van der Waals surface area contributed by atoms with Crippen LogP contribution in [0.4, 0.5) is 0 Å². The van der Waals surface area contributed by atoms with Gasteiger partial charge in [0.2, 0.25) is 0 Å². The van der Waals surface area contributed by atoms with Gasteiger partial charge in [-0.25, -0.2) is 4.98 Å². The maximum absolute atomic E-state index is 9.01. The van der Waals surface area contributed by atoms with Crippen LogP contribution < -0.4 is 5.32 Å². The number of nitrogens with zero attached hydrogens (tertiary/aromatic N) is 2. The number of hydrogen-bond acceptors (Lipinski definition) is 5. The fourth-order valence-electron chi connectivity index (χ4n) is 1.80. The van der Waals surface area contributed by atoms with Crippen molar-refractivity contribution < 1.29 is 10.2 Å². The Labute approximate surface area is 104 Å². The van der Waals surface area contributed by atoms with E-state index in [-0.39, 0.29) is 19.3 Å². The van der Waals surface area contributed by atoms with Gasteiger partial charge in [0.25, 0.3) is 0 Å². The standard InChI is InChI=1S/C11H17N3O2S/c1-7-6-17-11-13-8(2)10(14(7)11)3-12-9(4-15)5-16/h6,9,12,15-16H,3-5H2,1-2H3. The Bertz CT molecular complexity index is 502. The topological polar surface area (TPSA) is 69.8 Å². The van der Waals surface area contributed by atoms with E-state index in [0.717, 1.165) is 22.0 Å². The van der Waals surface area contributed by atoms with Crippen LogP contribution in [0.15, 0.2) is 5.38 Å². The van der Waals surface area contributed by atoms with Crippen LogP contribution in [0.2, 0.25) is 0 Å². The molecule has 2 rings (SSSR count). The number of aliphatic hydroxyl groups is 2. The summed E-state index contributed by atoms with van der Waals surface area (Å²) in [5, 5.41) is 23.2. The van der Waals surface area contributed by atoms with Crippen molar-refractivity contribution in [3.63, 3.8) is 0 Å². The number of aliphatic hydroxyl groups excluding tert-OH is 2. The van der Waals surface area contributed by atoms with Crippen LogP contribution in [0.1, 0.15) is 17.1 Å². The van der Waals surface area contributed by atoms with Gasteiger partial charge in [-0.15, -0.1) is 11.3 Å². The van der Waals surface area contributed by atoms with Crippen molar-refractivity contribution in [1.29, 1.82) is 0 Å². The van der Waals surface area contributed by atoms with Crippen molar-refractivity contribution in [2.75, 3.05) is 13.2 Å². The van der Waals surface area contributed by atoms with Gasteiger partial charge >= 0.3 is 0 Å². The van der Waals surface area contributed by atoms with Crippen LogP contribution in [-0.4, -0.2) is 38.9 Å². The van der Waals surface area contributed by atoms with Gasteiger partial charge in [-0.3, -0.25) is 4.40 Å². The highest BCUT2D eigenvalue weighted by Gasteiger charge is 2.13. The second-order valence-corrected chi connectivity index (χ2v) is 4.92. The third-order valence-corrected chi connectivity index (χ3v) is 3.77. The normalized spacial score (nSPS) is 11.8. The van der Waals surface area contributed by atoms with E-state index in [9.17, 15) is 0 Å². The smallest absolute Gasteiger partial charge is 0.194 e. The first-order valence-electron chi connectivity index (χ1n) is 5.54. The van der Waals surface area contributed by atoms with Gasteiger partial charge in [-0.1, -0.05) is 0 Å². The Morgan fingerprint density at radius 1 is 1.41 bits per heavy atom. The molecule has 6 heteroatoms. The average molecular weight is 255 g/mol. The minimum atomic E-state index is -0.279. The van der Waals surface area contributed by atoms with Crippen LogP contribution >= 0.6 is 11.3 Å². The maximum atomic E-state index is 9.01. The quantitative estimate of drug-likeness (QED) is 0.726. The first kappa shape index (κ1) is 12.5. The SMILES string of the molecule is Cc1nc2scc(C)n2c1CNC(CO)CO. The largest absolute Gasteiger partial charge is 0.395 e. The molecule has 5 nitrogen and oxygen atoms in total. The maximum Gasteiger partial charge on any atom is 0.194 e. The summed E-state index contributed by atoms with van der Waals surface area (Å²) >= 11 is 1.62. The molecule has 0 spiro atoms. The summed E-state index contributed by atoms with van der Waals surface area (Å²) in [4.78, 5) is 5.47.